The summed E-state index contributed by atoms with van der Waals surface area (Å²) in [6.07, 6.45) is -3.11. The van der Waals surface area contributed by atoms with Crippen LogP contribution >= 0.6 is 68.6 Å². The quantitative estimate of drug-likeness (QED) is 0.0720. The average molecular weight is 990 g/mol. The van der Waals surface area contributed by atoms with Crippen molar-refractivity contribution in [1.29, 1.82) is 0 Å². The number of phosphoric ester groups is 1. The number of H-pyrrole nitrogens is 2. The Kier molecular flexibility index (Phi) is 14.5. The first-order valence-electron chi connectivity index (χ1n) is 13.1. The highest BCUT2D eigenvalue weighted by atomic mass is 127. The Labute approximate surface area is 299 Å². The number of carbonyl (C=O) groups is 1. The molecule has 49 heavy (non-hydrogen) atoms. The lowest BCUT2D eigenvalue weighted by Crippen LogP contribution is -2.33. The van der Waals surface area contributed by atoms with E-state index in [1.54, 1.807) is 45.2 Å². The number of hydrogen-bond acceptors (Lipinski definition) is 16. The number of ether oxygens (including phenoxy) is 3. The molecule has 0 saturated carbocycles. The molecule has 29 heteroatoms. The van der Waals surface area contributed by atoms with E-state index >= 15 is 0 Å². The predicted octanol–water partition coefficient (Wildman–Crippen LogP) is -1.51. The van der Waals surface area contributed by atoms with Crippen LogP contribution in [0, 0.1) is 7.14 Å². The fourth-order valence-electron chi connectivity index (χ4n) is 4.23. The topological polar surface area (TPSA) is 355 Å². The molecule has 2 saturated heterocycles. The third kappa shape index (κ3) is 12.3. The molecule has 0 amide bonds. The number of esters is 1. The maximum Gasteiger partial charge on any atom is 0.490 e. The Hall–Kier alpha value is -1.46. The zero-order chi connectivity index (χ0) is 37.1. The number of halogens is 2. The van der Waals surface area contributed by atoms with Crippen LogP contribution in [0.15, 0.2) is 31.6 Å². The number of rotatable bonds is 11. The number of aliphatic hydroxyl groups excluding tert-OH is 2. The summed E-state index contributed by atoms with van der Waals surface area (Å²) >= 11 is 3.46. The number of aromatic amines is 2. The number of aromatic nitrogens is 4. The van der Waals surface area contributed by atoms with Gasteiger partial charge in [-0.3, -0.25) is 38.0 Å². The van der Waals surface area contributed by atoms with E-state index in [0.717, 1.165) is 4.57 Å². The monoisotopic (exact) mass is 990 g/mol. The van der Waals surface area contributed by atoms with Gasteiger partial charge < -0.3 is 44.0 Å². The van der Waals surface area contributed by atoms with Crippen molar-refractivity contribution in [2.45, 2.75) is 56.6 Å². The summed E-state index contributed by atoms with van der Waals surface area (Å²) in [6, 6.07) is 0. The minimum atomic E-state index is -5.67. The van der Waals surface area contributed by atoms with Gasteiger partial charge in [0, 0.05) is 32.2 Å². The number of nitrogens with one attached hydrogen (secondary N) is 2. The lowest BCUT2D eigenvalue weighted by molar-refractivity contribution is -0.150. The first-order valence-corrected chi connectivity index (χ1v) is 19.8. The molecule has 0 aromatic carbocycles. The Balaban J connectivity index is 0.000000284. The van der Waals surface area contributed by atoms with Crippen LogP contribution in [0.25, 0.3) is 0 Å². The fraction of sp³-hybridized carbons (Fsp3) is 0.550. The van der Waals surface area contributed by atoms with Gasteiger partial charge in [0.1, 0.15) is 30.8 Å². The van der Waals surface area contributed by atoms with Crippen molar-refractivity contribution >= 4 is 74.6 Å². The standard InChI is InChI=1S/C11H13IN2O6.C9H14IN2O14P3/c1-5(16)19-7-2-9(20-8(7)4-15)14-3-6(12)10(17)13-11(14)18;10-4-2-12(9(15)11-8(4)14)7-1-5(13)6(24-7)3-23-28(19,20)26-29(21,22)25-27(16,17)18/h3,7-9,15H,2,4H2,1H3,(H,13,17,18);2,5-7,13H,1,3H2,(H,19,20)(H,21,22)(H,11,14,15)(H2,16,17,18)/t7-,8-,9-;5-,6-,7-/m11/s1. The van der Waals surface area contributed by atoms with E-state index in [4.69, 9.17) is 28.9 Å². The molecular weight excluding hydrogens is 963 g/mol. The molecule has 2 aliphatic heterocycles. The van der Waals surface area contributed by atoms with Crippen molar-refractivity contribution in [3.05, 3.63) is 61.2 Å². The maximum absolute atomic E-state index is 11.9. The molecule has 2 unspecified atom stereocenters. The van der Waals surface area contributed by atoms with Gasteiger partial charge in [-0.05, 0) is 45.2 Å². The van der Waals surface area contributed by atoms with Gasteiger partial charge in [0.15, 0.2) is 0 Å². The summed E-state index contributed by atoms with van der Waals surface area (Å²) < 4.78 is 63.5. The van der Waals surface area contributed by atoms with Crippen molar-refractivity contribution in [3.63, 3.8) is 0 Å². The van der Waals surface area contributed by atoms with Crippen molar-refractivity contribution in [3.8, 4) is 0 Å². The first-order chi connectivity index (χ1) is 22.5. The molecule has 4 heterocycles. The number of phosphoric acid groups is 3. The summed E-state index contributed by atoms with van der Waals surface area (Å²) in [4.78, 5) is 96.8. The molecule has 2 aliphatic rings. The van der Waals surface area contributed by atoms with Crippen molar-refractivity contribution in [2.24, 2.45) is 0 Å². The molecule has 0 radical (unpaired) electrons. The maximum atomic E-state index is 11.9. The molecule has 4 rings (SSSR count). The van der Waals surface area contributed by atoms with Gasteiger partial charge in [0.2, 0.25) is 0 Å². The van der Waals surface area contributed by atoms with Crippen LogP contribution in [0.5, 0.6) is 0 Å². The number of nitrogens with zero attached hydrogens (tertiary/aromatic N) is 2. The molecule has 2 aromatic heterocycles. The second-order valence-corrected chi connectivity index (χ2v) is 16.5. The summed E-state index contributed by atoms with van der Waals surface area (Å²) in [5.74, 6) is -0.485. The lowest BCUT2D eigenvalue weighted by Gasteiger charge is -2.19. The molecule has 24 nitrogen and oxygen atoms in total. The van der Waals surface area contributed by atoms with E-state index in [2.05, 4.69) is 18.1 Å². The molecule has 0 aliphatic carbocycles. The normalized spacial score (nSPS) is 26.3. The smallest absolute Gasteiger partial charge is 0.460 e. The van der Waals surface area contributed by atoms with Crippen molar-refractivity contribution in [2.75, 3.05) is 13.2 Å². The minimum absolute atomic E-state index is 0.150. The largest absolute Gasteiger partial charge is 0.490 e. The average Bonchev–Trinajstić information content (AvgIpc) is 3.52. The Morgan fingerprint density at radius 1 is 0.878 bits per heavy atom. The highest BCUT2D eigenvalue weighted by Crippen LogP contribution is 2.66. The molecule has 2 aromatic rings. The summed E-state index contributed by atoms with van der Waals surface area (Å²) in [7, 11) is -16.6. The van der Waals surface area contributed by atoms with Gasteiger partial charge in [-0.1, -0.05) is 0 Å². The second-order valence-electron chi connectivity index (χ2n) is 9.80. The third-order valence-electron chi connectivity index (χ3n) is 6.17. The van der Waals surface area contributed by atoms with E-state index in [1.807, 2.05) is 4.98 Å². The van der Waals surface area contributed by atoms with Crippen LogP contribution < -0.4 is 22.5 Å². The summed E-state index contributed by atoms with van der Waals surface area (Å²) in [6.45, 7) is 0.0526. The third-order valence-corrected chi connectivity index (χ3v) is 11.5. The van der Waals surface area contributed by atoms with Gasteiger partial charge in [-0.25, -0.2) is 23.3 Å². The highest BCUT2D eigenvalue weighted by molar-refractivity contribution is 14.1. The second kappa shape index (κ2) is 16.9. The van der Waals surface area contributed by atoms with Gasteiger partial charge in [0.05, 0.1) is 26.5 Å². The molecule has 8 N–H and O–H groups in total. The van der Waals surface area contributed by atoms with E-state index in [0.29, 0.717) is 3.57 Å². The SMILES string of the molecule is CC(=O)O[C@@H]1C[C@H](n2cc(I)c(=O)[nH]c2=O)O[C@@H]1CO.O=c1[nH]c(=O)n([C@H]2C[C@@H](O)[C@@H](COP(=O)(O)OP(=O)(O)OP(=O)(O)O)O2)cc1I. The number of aliphatic hydroxyl groups is 2. The molecule has 8 atom stereocenters. The zero-order valence-corrected chi connectivity index (χ0v) is 31.3. The molecule has 0 spiro atoms. The van der Waals surface area contributed by atoms with Crippen molar-refractivity contribution in [1.82, 2.24) is 19.1 Å². The van der Waals surface area contributed by atoms with Crippen LogP contribution in [0.4, 0.5) is 0 Å². The minimum Gasteiger partial charge on any atom is -0.460 e. The fourth-order valence-corrected chi connectivity index (χ4v) is 8.13. The van der Waals surface area contributed by atoms with Gasteiger partial charge in [-0.15, -0.1) is 0 Å². The molecule has 2 fully saturated rings. The Morgan fingerprint density at radius 2 is 1.37 bits per heavy atom. The predicted molar refractivity (Wildman–Crippen MR) is 174 cm³/mol. The summed E-state index contributed by atoms with van der Waals surface area (Å²) in [5.41, 5.74) is -2.54. The van der Waals surface area contributed by atoms with E-state index in [1.165, 1.54) is 23.9 Å². The Bertz CT molecular complexity index is 1910. The lowest BCUT2D eigenvalue weighted by atomic mass is 10.2. The Morgan fingerprint density at radius 3 is 1.84 bits per heavy atom. The van der Waals surface area contributed by atoms with Crippen LogP contribution in [0.3, 0.4) is 0 Å². The number of carbonyl (C=O) groups excluding carboxylic acids is 1. The van der Waals surface area contributed by atoms with Gasteiger partial charge in [0.25, 0.3) is 11.1 Å². The van der Waals surface area contributed by atoms with Crippen LogP contribution in [0.1, 0.15) is 32.2 Å². The summed E-state index contributed by atoms with van der Waals surface area (Å²) in [5, 5.41) is 19.2. The van der Waals surface area contributed by atoms with Gasteiger partial charge in [-0.2, -0.15) is 8.62 Å². The molecule has 276 valence electrons. The van der Waals surface area contributed by atoms with Gasteiger partial charge >= 0.3 is 40.8 Å². The van der Waals surface area contributed by atoms with Crippen LogP contribution in [-0.2, 0) is 45.8 Å². The molecular formula is C20H27I2N4O20P3. The van der Waals surface area contributed by atoms with E-state index in [9.17, 15) is 52.8 Å². The highest BCUT2D eigenvalue weighted by Gasteiger charge is 2.43. The van der Waals surface area contributed by atoms with Crippen LogP contribution in [-0.4, -0.2) is 92.5 Å². The van der Waals surface area contributed by atoms with Crippen molar-refractivity contribution < 1.29 is 75.6 Å². The zero-order valence-electron chi connectivity index (χ0n) is 24.3. The van der Waals surface area contributed by atoms with E-state index in [-0.39, 0.29) is 23.0 Å². The first kappa shape index (κ1) is 42.0. The number of hydrogen-bond donors (Lipinski definition) is 8. The van der Waals surface area contributed by atoms with E-state index < -0.39 is 95.4 Å². The molecule has 0 bridgehead atoms. The van der Waals surface area contributed by atoms with Crippen LogP contribution in [0.2, 0.25) is 0 Å².